The number of aliphatic hydroxyl groups is 1. The number of phenols is 1. The van der Waals surface area contributed by atoms with E-state index >= 15 is 0 Å². The van der Waals surface area contributed by atoms with E-state index in [9.17, 15) is 15.0 Å². The SMILES string of the molecule is O=C(c1cc(Cl)cc(Br)c1O)N1CC[C@@H](O)C1. The van der Waals surface area contributed by atoms with Crippen molar-refractivity contribution in [3.8, 4) is 5.75 Å². The van der Waals surface area contributed by atoms with Crippen LogP contribution >= 0.6 is 27.5 Å². The molecule has 92 valence electrons. The highest BCUT2D eigenvalue weighted by molar-refractivity contribution is 9.10. The van der Waals surface area contributed by atoms with Crippen molar-refractivity contribution >= 4 is 33.4 Å². The van der Waals surface area contributed by atoms with E-state index in [0.717, 1.165) is 0 Å². The first-order valence-corrected chi connectivity index (χ1v) is 6.31. The van der Waals surface area contributed by atoms with Gasteiger partial charge in [-0.15, -0.1) is 0 Å². The van der Waals surface area contributed by atoms with Gasteiger partial charge in [0.1, 0.15) is 5.75 Å². The van der Waals surface area contributed by atoms with Gasteiger partial charge in [-0.1, -0.05) is 11.6 Å². The molecule has 2 N–H and O–H groups in total. The van der Waals surface area contributed by atoms with E-state index in [1.165, 1.54) is 17.0 Å². The Balaban J connectivity index is 2.31. The number of nitrogens with zero attached hydrogens (tertiary/aromatic N) is 1. The predicted octanol–water partition coefficient (Wildman–Crippen LogP) is 2.01. The van der Waals surface area contributed by atoms with Crippen LogP contribution in [0.4, 0.5) is 0 Å². The zero-order valence-corrected chi connectivity index (χ0v) is 11.2. The Morgan fingerprint density at radius 2 is 2.24 bits per heavy atom. The van der Waals surface area contributed by atoms with Gasteiger partial charge in [-0.25, -0.2) is 0 Å². The zero-order chi connectivity index (χ0) is 12.6. The number of hydrogen-bond donors (Lipinski definition) is 2. The molecule has 0 aliphatic carbocycles. The molecule has 6 heteroatoms. The molecule has 1 saturated heterocycles. The standard InChI is InChI=1S/C11H11BrClNO3/c12-9-4-6(13)3-8(10(9)16)11(17)14-2-1-7(15)5-14/h3-4,7,15-16H,1-2,5H2/t7-/m1/s1. The molecule has 0 radical (unpaired) electrons. The second-order valence-corrected chi connectivity index (χ2v) is 5.27. The smallest absolute Gasteiger partial charge is 0.257 e. The Kier molecular flexibility index (Phi) is 3.61. The van der Waals surface area contributed by atoms with E-state index in [2.05, 4.69) is 15.9 Å². The van der Waals surface area contributed by atoms with Crippen LogP contribution in [0.1, 0.15) is 16.8 Å². The summed E-state index contributed by atoms with van der Waals surface area (Å²) in [5.74, 6) is -0.442. The quantitative estimate of drug-likeness (QED) is 0.832. The maximum atomic E-state index is 12.1. The number of likely N-dealkylation sites (tertiary alicyclic amines) is 1. The number of aliphatic hydroxyl groups excluding tert-OH is 1. The number of hydrogen-bond acceptors (Lipinski definition) is 3. The molecule has 1 aliphatic heterocycles. The van der Waals surface area contributed by atoms with Gasteiger partial charge in [0.05, 0.1) is 16.1 Å². The highest BCUT2D eigenvalue weighted by Crippen LogP contribution is 2.32. The van der Waals surface area contributed by atoms with E-state index in [1.807, 2.05) is 0 Å². The van der Waals surface area contributed by atoms with Gasteiger partial charge in [-0.3, -0.25) is 4.79 Å². The summed E-state index contributed by atoms with van der Waals surface area (Å²) in [4.78, 5) is 13.6. The first-order chi connectivity index (χ1) is 7.99. The summed E-state index contributed by atoms with van der Waals surface area (Å²) >= 11 is 8.97. The van der Waals surface area contributed by atoms with Crippen LogP contribution in [0.2, 0.25) is 5.02 Å². The predicted molar refractivity (Wildman–Crippen MR) is 67.3 cm³/mol. The van der Waals surface area contributed by atoms with Crippen molar-refractivity contribution < 1.29 is 15.0 Å². The number of carbonyl (C=O) groups is 1. The lowest BCUT2D eigenvalue weighted by atomic mass is 10.2. The third-order valence-electron chi connectivity index (χ3n) is 2.71. The maximum Gasteiger partial charge on any atom is 0.257 e. The van der Waals surface area contributed by atoms with Gasteiger partial charge in [0.15, 0.2) is 0 Å². The highest BCUT2D eigenvalue weighted by Gasteiger charge is 2.27. The summed E-state index contributed by atoms with van der Waals surface area (Å²) in [5, 5.41) is 19.6. The molecular formula is C11H11BrClNO3. The third-order valence-corrected chi connectivity index (χ3v) is 3.53. The largest absolute Gasteiger partial charge is 0.506 e. The Morgan fingerprint density at radius 1 is 1.53 bits per heavy atom. The summed E-state index contributed by atoms with van der Waals surface area (Å²) in [6, 6.07) is 2.95. The second-order valence-electron chi connectivity index (χ2n) is 3.98. The van der Waals surface area contributed by atoms with Crippen molar-refractivity contribution in [1.29, 1.82) is 0 Å². The number of β-amino-alcohol motifs (C(OH)–C–C–N with tert-alkyl or cyclic N) is 1. The Hall–Kier alpha value is -0.780. The average Bonchev–Trinajstić information content (AvgIpc) is 2.69. The minimum atomic E-state index is -0.483. The fourth-order valence-corrected chi connectivity index (χ4v) is 2.64. The van der Waals surface area contributed by atoms with Crippen LogP contribution in [0.5, 0.6) is 5.75 Å². The Bertz CT molecular complexity index is 466. The second kappa shape index (κ2) is 4.84. The van der Waals surface area contributed by atoms with E-state index in [1.54, 1.807) is 0 Å². The molecule has 1 aromatic rings. The molecule has 0 spiro atoms. The minimum Gasteiger partial charge on any atom is -0.506 e. The third kappa shape index (κ3) is 2.56. The van der Waals surface area contributed by atoms with Crippen molar-refractivity contribution in [2.45, 2.75) is 12.5 Å². The van der Waals surface area contributed by atoms with E-state index < -0.39 is 6.10 Å². The summed E-state index contributed by atoms with van der Waals surface area (Å²) in [5.41, 5.74) is 0.151. The molecular weight excluding hydrogens is 309 g/mol. The molecule has 0 bridgehead atoms. The van der Waals surface area contributed by atoms with Crippen LogP contribution in [0.15, 0.2) is 16.6 Å². The lowest BCUT2D eigenvalue weighted by Crippen LogP contribution is -2.29. The molecule has 1 fully saturated rings. The molecule has 0 saturated carbocycles. The number of rotatable bonds is 1. The van der Waals surface area contributed by atoms with E-state index in [0.29, 0.717) is 29.0 Å². The Labute approximate surface area is 112 Å². The summed E-state index contributed by atoms with van der Waals surface area (Å²) in [6.45, 7) is 0.784. The van der Waals surface area contributed by atoms with Gasteiger partial charge in [0.25, 0.3) is 5.91 Å². The molecule has 0 aromatic heterocycles. The number of carbonyl (C=O) groups excluding carboxylic acids is 1. The summed E-state index contributed by atoms with van der Waals surface area (Å²) < 4.78 is 0.382. The van der Waals surface area contributed by atoms with Crippen molar-refractivity contribution in [2.24, 2.45) is 0 Å². The average molecular weight is 321 g/mol. The molecule has 2 rings (SSSR count). The van der Waals surface area contributed by atoms with Gasteiger partial charge < -0.3 is 15.1 Å². The van der Waals surface area contributed by atoms with Crippen LogP contribution in [-0.2, 0) is 0 Å². The highest BCUT2D eigenvalue weighted by atomic mass is 79.9. The number of aromatic hydroxyl groups is 1. The molecule has 4 nitrogen and oxygen atoms in total. The molecule has 1 atom stereocenters. The van der Waals surface area contributed by atoms with Crippen LogP contribution in [-0.4, -0.2) is 40.2 Å². The van der Waals surface area contributed by atoms with Crippen molar-refractivity contribution in [1.82, 2.24) is 4.90 Å². The lowest BCUT2D eigenvalue weighted by molar-refractivity contribution is 0.0762. The number of phenolic OH excluding ortho intramolecular Hbond substituents is 1. The molecule has 1 aromatic carbocycles. The fourth-order valence-electron chi connectivity index (χ4n) is 1.83. The first kappa shape index (κ1) is 12.7. The van der Waals surface area contributed by atoms with E-state index in [4.69, 9.17) is 11.6 Å². The molecule has 17 heavy (non-hydrogen) atoms. The van der Waals surface area contributed by atoms with Crippen LogP contribution < -0.4 is 0 Å². The zero-order valence-electron chi connectivity index (χ0n) is 8.86. The van der Waals surface area contributed by atoms with Gasteiger partial charge in [-0.05, 0) is 34.5 Å². The number of halogens is 2. The minimum absolute atomic E-state index is 0.124. The molecule has 1 heterocycles. The monoisotopic (exact) mass is 319 g/mol. The number of benzene rings is 1. The van der Waals surface area contributed by atoms with Gasteiger partial charge in [0.2, 0.25) is 0 Å². The van der Waals surface area contributed by atoms with Crippen molar-refractivity contribution in [2.75, 3.05) is 13.1 Å². The van der Waals surface area contributed by atoms with Crippen LogP contribution in [0.3, 0.4) is 0 Å². The van der Waals surface area contributed by atoms with Gasteiger partial charge in [0, 0.05) is 18.1 Å². The summed E-state index contributed by atoms with van der Waals surface area (Å²) in [6.07, 6.45) is 0.0811. The molecule has 0 unspecified atom stereocenters. The normalized spacial score (nSPS) is 19.7. The lowest BCUT2D eigenvalue weighted by Gasteiger charge is -2.16. The maximum absolute atomic E-state index is 12.1. The van der Waals surface area contributed by atoms with Crippen molar-refractivity contribution in [3.05, 3.63) is 27.2 Å². The topological polar surface area (TPSA) is 60.8 Å². The van der Waals surface area contributed by atoms with Crippen LogP contribution in [0, 0.1) is 0 Å². The van der Waals surface area contributed by atoms with E-state index in [-0.39, 0.29) is 17.2 Å². The summed E-state index contributed by atoms with van der Waals surface area (Å²) in [7, 11) is 0. The molecule has 1 aliphatic rings. The first-order valence-electron chi connectivity index (χ1n) is 5.14. The fraction of sp³-hybridized carbons (Fsp3) is 0.364. The van der Waals surface area contributed by atoms with Gasteiger partial charge in [-0.2, -0.15) is 0 Å². The number of amides is 1. The van der Waals surface area contributed by atoms with Gasteiger partial charge >= 0.3 is 0 Å². The van der Waals surface area contributed by atoms with Crippen molar-refractivity contribution in [3.63, 3.8) is 0 Å². The van der Waals surface area contributed by atoms with Crippen LogP contribution in [0.25, 0.3) is 0 Å². The Morgan fingerprint density at radius 3 is 2.82 bits per heavy atom. The molecule has 1 amide bonds.